The summed E-state index contributed by atoms with van der Waals surface area (Å²) >= 11 is 0. The summed E-state index contributed by atoms with van der Waals surface area (Å²) in [7, 11) is 0. The van der Waals surface area contributed by atoms with E-state index in [1.165, 1.54) is 0 Å². The summed E-state index contributed by atoms with van der Waals surface area (Å²) in [5, 5.41) is 4.09. The molecule has 0 amide bonds. The average molecular weight is 168 g/mol. The maximum absolute atomic E-state index is 5.51. The van der Waals surface area contributed by atoms with Gasteiger partial charge in [-0.25, -0.2) is 0 Å². The Kier molecular flexibility index (Phi) is 3.76. The number of hydrogen-bond acceptors (Lipinski definition) is 3. The first-order chi connectivity index (χ1) is 5.86. The molecule has 1 aromatic heterocycles. The Hall–Kier alpha value is -0.870. The molecule has 0 atom stereocenters. The zero-order valence-corrected chi connectivity index (χ0v) is 7.19. The van der Waals surface area contributed by atoms with E-state index in [1.54, 1.807) is 6.20 Å². The van der Waals surface area contributed by atoms with Crippen LogP contribution in [0.3, 0.4) is 0 Å². The summed E-state index contributed by atoms with van der Waals surface area (Å²) in [5.74, 6) is 0.425. The number of hydrogen-bond donors (Lipinski definition) is 2. The van der Waals surface area contributed by atoms with Crippen molar-refractivity contribution in [2.75, 3.05) is 13.1 Å². The number of aromatic nitrogens is 2. The summed E-state index contributed by atoms with van der Waals surface area (Å²) in [6.07, 6.45) is 4.73. The van der Waals surface area contributed by atoms with Gasteiger partial charge in [0.15, 0.2) is 0 Å². The van der Waals surface area contributed by atoms with E-state index in [2.05, 4.69) is 5.10 Å². The Bertz CT molecular complexity index is 191. The van der Waals surface area contributed by atoms with Gasteiger partial charge in [-0.2, -0.15) is 5.10 Å². The van der Waals surface area contributed by atoms with Crippen molar-refractivity contribution >= 4 is 0 Å². The van der Waals surface area contributed by atoms with Crippen LogP contribution in [-0.4, -0.2) is 22.9 Å². The first-order valence-corrected chi connectivity index (χ1v) is 4.24. The predicted octanol–water partition coefficient (Wildman–Crippen LogP) is -0.193. The molecule has 0 fully saturated rings. The van der Waals surface area contributed by atoms with E-state index in [0.29, 0.717) is 19.0 Å². The quantitative estimate of drug-likeness (QED) is 0.640. The lowest BCUT2D eigenvalue weighted by molar-refractivity contribution is 0.444. The Morgan fingerprint density at radius 2 is 2.08 bits per heavy atom. The molecule has 1 aromatic rings. The molecule has 1 heterocycles. The molecule has 0 aromatic carbocycles. The summed E-state index contributed by atoms with van der Waals surface area (Å²) in [4.78, 5) is 0. The van der Waals surface area contributed by atoms with Crippen molar-refractivity contribution in [2.24, 2.45) is 17.4 Å². The van der Waals surface area contributed by atoms with E-state index < -0.39 is 0 Å². The Labute approximate surface area is 72.5 Å². The third-order valence-electron chi connectivity index (χ3n) is 1.99. The van der Waals surface area contributed by atoms with E-state index in [0.717, 1.165) is 13.0 Å². The van der Waals surface area contributed by atoms with Crippen LogP contribution in [0.2, 0.25) is 0 Å². The minimum Gasteiger partial charge on any atom is -0.330 e. The van der Waals surface area contributed by atoms with E-state index in [1.807, 2.05) is 16.9 Å². The van der Waals surface area contributed by atoms with Crippen LogP contribution >= 0.6 is 0 Å². The van der Waals surface area contributed by atoms with Crippen molar-refractivity contribution in [2.45, 2.75) is 13.0 Å². The van der Waals surface area contributed by atoms with E-state index >= 15 is 0 Å². The van der Waals surface area contributed by atoms with Gasteiger partial charge in [0, 0.05) is 18.9 Å². The first kappa shape index (κ1) is 9.22. The Morgan fingerprint density at radius 1 is 1.33 bits per heavy atom. The van der Waals surface area contributed by atoms with Crippen LogP contribution in [0.25, 0.3) is 0 Å². The molecule has 0 saturated carbocycles. The van der Waals surface area contributed by atoms with Gasteiger partial charge >= 0.3 is 0 Å². The fourth-order valence-corrected chi connectivity index (χ4v) is 1.08. The van der Waals surface area contributed by atoms with Gasteiger partial charge in [-0.05, 0) is 31.5 Å². The van der Waals surface area contributed by atoms with Crippen LogP contribution in [0.15, 0.2) is 18.5 Å². The average Bonchev–Trinajstić information content (AvgIpc) is 2.59. The summed E-state index contributed by atoms with van der Waals surface area (Å²) < 4.78 is 1.90. The normalized spacial score (nSPS) is 10.9. The molecule has 0 saturated heterocycles. The third kappa shape index (κ3) is 2.64. The molecule has 0 spiro atoms. The second-order valence-corrected chi connectivity index (χ2v) is 2.90. The van der Waals surface area contributed by atoms with Gasteiger partial charge in [-0.1, -0.05) is 0 Å². The maximum Gasteiger partial charge on any atom is 0.0489 e. The highest BCUT2D eigenvalue weighted by atomic mass is 15.3. The van der Waals surface area contributed by atoms with Gasteiger partial charge in [0.05, 0.1) is 0 Å². The Morgan fingerprint density at radius 3 is 2.58 bits per heavy atom. The molecule has 4 nitrogen and oxygen atoms in total. The van der Waals surface area contributed by atoms with Crippen molar-refractivity contribution in [1.29, 1.82) is 0 Å². The van der Waals surface area contributed by atoms with E-state index in [-0.39, 0.29) is 0 Å². The molecule has 0 aliphatic heterocycles. The number of nitrogens with zero attached hydrogens (tertiary/aromatic N) is 2. The largest absolute Gasteiger partial charge is 0.330 e. The molecule has 0 aliphatic carbocycles. The van der Waals surface area contributed by atoms with Crippen molar-refractivity contribution in [1.82, 2.24) is 9.78 Å². The summed E-state index contributed by atoms with van der Waals surface area (Å²) in [6.45, 7) is 2.24. The van der Waals surface area contributed by atoms with Crippen LogP contribution in [0.4, 0.5) is 0 Å². The van der Waals surface area contributed by atoms with Gasteiger partial charge in [0.2, 0.25) is 0 Å². The lowest BCUT2D eigenvalue weighted by Crippen LogP contribution is -2.24. The number of nitrogens with two attached hydrogens (primary N) is 2. The fraction of sp³-hybridized carbons (Fsp3) is 0.625. The summed E-state index contributed by atoms with van der Waals surface area (Å²) in [5.41, 5.74) is 11.0. The highest BCUT2D eigenvalue weighted by Crippen LogP contribution is 2.00. The van der Waals surface area contributed by atoms with Crippen LogP contribution in [-0.2, 0) is 6.54 Å². The van der Waals surface area contributed by atoms with Crippen LogP contribution in [0, 0.1) is 5.92 Å². The van der Waals surface area contributed by atoms with Crippen molar-refractivity contribution in [3.8, 4) is 0 Å². The second kappa shape index (κ2) is 4.90. The molecule has 1 rings (SSSR count). The predicted molar refractivity (Wildman–Crippen MR) is 48.4 cm³/mol. The molecular weight excluding hydrogens is 152 g/mol. The zero-order chi connectivity index (χ0) is 8.81. The molecule has 4 heteroatoms. The Balaban J connectivity index is 2.25. The standard InChI is InChI=1S/C8H16N4/c9-6-8(7-10)2-5-12-4-1-3-11-12/h1,3-4,8H,2,5-7,9-10H2. The zero-order valence-electron chi connectivity index (χ0n) is 7.19. The highest BCUT2D eigenvalue weighted by Gasteiger charge is 2.03. The van der Waals surface area contributed by atoms with Gasteiger partial charge in [0.1, 0.15) is 0 Å². The first-order valence-electron chi connectivity index (χ1n) is 4.24. The molecule has 68 valence electrons. The third-order valence-corrected chi connectivity index (χ3v) is 1.99. The van der Waals surface area contributed by atoms with Crippen molar-refractivity contribution in [3.05, 3.63) is 18.5 Å². The van der Waals surface area contributed by atoms with Crippen LogP contribution in [0.1, 0.15) is 6.42 Å². The van der Waals surface area contributed by atoms with Gasteiger partial charge in [-0.3, -0.25) is 4.68 Å². The summed E-state index contributed by atoms with van der Waals surface area (Å²) in [6, 6.07) is 1.92. The van der Waals surface area contributed by atoms with Crippen molar-refractivity contribution < 1.29 is 0 Å². The SMILES string of the molecule is NCC(CN)CCn1cccn1. The monoisotopic (exact) mass is 168 g/mol. The molecule has 4 N–H and O–H groups in total. The number of rotatable bonds is 5. The molecular formula is C8H16N4. The van der Waals surface area contributed by atoms with E-state index in [9.17, 15) is 0 Å². The van der Waals surface area contributed by atoms with E-state index in [4.69, 9.17) is 11.5 Å². The highest BCUT2D eigenvalue weighted by molar-refractivity contribution is 4.77. The number of aryl methyl sites for hydroxylation is 1. The van der Waals surface area contributed by atoms with Gasteiger partial charge in [0.25, 0.3) is 0 Å². The lowest BCUT2D eigenvalue weighted by Gasteiger charge is -2.10. The topological polar surface area (TPSA) is 69.9 Å². The molecule has 0 radical (unpaired) electrons. The molecule has 0 aliphatic rings. The molecule has 0 unspecified atom stereocenters. The van der Waals surface area contributed by atoms with Gasteiger partial charge < -0.3 is 11.5 Å². The lowest BCUT2D eigenvalue weighted by atomic mass is 10.1. The molecule has 12 heavy (non-hydrogen) atoms. The van der Waals surface area contributed by atoms with Crippen molar-refractivity contribution in [3.63, 3.8) is 0 Å². The minimum atomic E-state index is 0.425. The maximum atomic E-state index is 5.51. The minimum absolute atomic E-state index is 0.425. The van der Waals surface area contributed by atoms with Crippen LogP contribution in [0.5, 0.6) is 0 Å². The smallest absolute Gasteiger partial charge is 0.0489 e. The van der Waals surface area contributed by atoms with Crippen LogP contribution < -0.4 is 11.5 Å². The second-order valence-electron chi connectivity index (χ2n) is 2.90. The molecule has 0 bridgehead atoms. The fourth-order valence-electron chi connectivity index (χ4n) is 1.08. The van der Waals surface area contributed by atoms with Gasteiger partial charge in [-0.15, -0.1) is 0 Å².